The molecule has 0 amide bonds. The molecular formula is C23H32FN3O3. The average molecular weight is 418 g/mol. The van der Waals surface area contributed by atoms with E-state index in [1.807, 2.05) is 13.0 Å². The molecule has 30 heavy (non-hydrogen) atoms. The van der Waals surface area contributed by atoms with Gasteiger partial charge in [0.05, 0.1) is 13.2 Å². The molecule has 0 unspecified atom stereocenters. The van der Waals surface area contributed by atoms with Crippen molar-refractivity contribution in [2.24, 2.45) is 4.99 Å². The predicted molar refractivity (Wildman–Crippen MR) is 117 cm³/mol. The van der Waals surface area contributed by atoms with Gasteiger partial charge in [-0.05, 0) is 36.2 Å². The normalized spacial score (nSPS) is 11.4. The molecule has 6 nitrogen and oxygen atoms in total. The number of aryl methyl sites for hydroxylation is 1. The molecule has 0 bridgehead atoms. The molecule has 0 aliphatic heterocycles. The molecule has 2 rings (SSSR count). The number of rotatable bonds is 11. The van der Waals surface area contributed by atoms with Crippen LogP contribution in [0.2, 0.25) is 0 Å². The summed E-state index contributed by atoms with van der Waals surface area (Å²) in [5.41, 5.74) is 3.68. The van der Waals surface area contributed by atoms with Crippen LogP contribution in [0.4, 0.5) is 4.39 Å². The van der Waals surface area contributed by atoms with E-state index in [0.717, 1.165) is 28.9 Å². The molecular weight excluding hydrogens is 385 g/mol. The maximum atomic E-state index is 13.8. The minimum atomic E-state index is -0.263. The maximum absolute atomic E-state index is 13.8. The lowest BCUT2D eigenvalue weighted by molar-refractivity contribution is 0.171. The molecule has 0 fully saturated rings. The summed E-state index contributed by atoms with van der Waals surface area (Å²) in [5.74, 6) is 1.25. The number of methoxy groups -OCH3 is 2. The van der Waals surface area contributed by atoms with Crippen LogP contribution >= 0.6 is 0 Å². The fraction of sp³-hybridized carbons (Fsp3) is 0.435. The van der Waals surface area contributed by atoms with Crippen molar-refractivity contribution in [1.82, 2.24) is 10.6 Å². The van der Waals surface area contributed by atoms with E-state index in [0.29, 0.717) is 37.8 Å². The Morgan fingerprint density at radius 2 is 1.77 bits per heavy atom. The number of nitrogens with zero attached hydrogens (tertiary/aromatic N) is 1. The van der Waals surface area contributed by atoms with Gasteiger partial charge in [0.1, 0.15) is 11.6 Å². The quantitative estimate of drug-likeness (QED) is 0.333. The lowest BCUT2D eigenvalue weighted by Crippen LogP contribution is -2.36. The zero-order valence-corrected chi connectivity index (χ0v) is 18.3. The van der Waals surface area contributed by atoms with E-state index in [9.17, 15) is 4.39 Å². The van der Waals surface area contributed by atoms with E-state index in [2.05, 4.69) is 27.8 Å². The van der Waals surface area contributed by atoms with Crippen LogP contribution in [-0.2, 0) is 29.2 Å². The van der Waals surface area contributed by atoms with Gasteiger partial charge in [-0.15, -0.1) is 0 Å². The highest BCUT2D eigenvalue weighted by molar-refractivity contribution is 5.79. The van der Waals surface area contributed by atoms with Crippen LogP contribution in [-0.4, -0.2) is 40.4 Å². The van der Waals surface area contributed by atoms with Gasteiger partial charge in [-0.1, -0.05) is 18.2 Å². The second kappa shape index (κ2) is 12.8. The number of halogens is 1. The Labute approximate surface area is 178 Å². The van der Waals surface area contributed by atoms with E-state index in [1.165, 1.54) is 6.07 Å². The van der Waals surface area contributed by atoms with Gasteiger partial charge in [0.25, 0.3) is 0 Å². The Kier molecular flexibility index (Phi) is 10.1. The van der Waals surface area contributed by atoms with Crippen molar-refractivity contribution in [3.8, 4) is 5.75 Å². The second-order valence-corrected chi connectivity index (χ2v) is 6.94. The molecule has 0 saturated heterocycles. The van der Waals surface area contributed by atoms with Gasteiger partial charge in [0.2, 0.25) is 0 Å². The first kappa shape index (κ1) is 23.6. The number of hydrogen-bond acceptors (Lipinski definition) is 4. The van der Waals surface area contributed by atoms with E-state index in [1.54, 1.807) is 33.4 Å². The first-order chi connectivity index (χ1) is 14.6. The van der Waals surface area contributed by atoms with Crippen molar-refractivity contribution in [1.29, 1.82) is 0 Å². The lowest BCUT2D eigenvalue weighted by Gasteiger charge is -2.16. The van der Waals surface area contributed by atoms with Crippen LogP contribution in [0.5, 0.6) is 5.75 Å². The third kappa shape index (κ3) is 7.65. The highest BCUT2D eigenvalue weighted by Crippen LogP contribution is 2.20. The first-order valence-corrected chi connectivity index (χ1v) is 9.99. The summed E-state index contributed by atoms with van der Waals surface area (Å²) in [6.45, 7) is 4.65. The van der Waals surface area contributed by atoms with Gasteiger partial charge >= 0.3 is 0 Å². The van der Waals surface area contributed by atoms with Crippen LogP contribution in [0.15, 0.2) is 41.4 Å². The van der Waals surface area contributed by atoms with Crippen molar-refractivity contribution < 1.29 is 18.6 Å². The number of nitrogens with one attached hydrogen (secondary N) is 2. The standard InChI is InChI=1S/C23H32FN3O3/c1-17-6-8-19(22(12-17)30-11-5-10-28-3)15-27-23(25-2)26-14-18-7-9-21(24)20(13-18)16-29-4/h6-9,12-13H,5,10-11,14-16H2,1-4H3,(H2,25,26,27). The summed E-state index contributed by atoms with van der Waals surface area (Å²) in [6, 6.07) is 11.2. The molecule has 2 N–H and O–H groups in total. The minimum absolute atomic E-state index is 0.243. The van der Waals surface area contributed by atoms with Crippen molar-refractivity contribution in [3.63, 3.8) is 0 Å². The molecule has 0 aromatic heterocycles. The summed E-state index contributed by atoms with van der Waals surface area (Å²) < 4.78 is 29.8. The van der Waals surface area contributed by atoms with Gasteiger partial charge < -0.3 is 24.8 Å². The zero-order chi connectivity index (χ0) is 21.8. The molecule has 0 spiro atoms. The highest BCUT2D eigenvalue weighted by atomic mass is 19.1. The summed E-state index contributed by atoms with van der Waals surface area (Å²) >= 11 is 0. The van der Waals surface area contributed by atoms with Crippen molar-refractivity contribution in [3.05, 3.63) is 64.5 Å². The molecule has 164 valence electrons. The Balaban J connectivity index is 1.93. The molecule has 0 aliphatic rings. The topological polar surface area (TPSA) is 64.1 Å². The number of guanidine groups is 1. The summed E-state index contributed by atoms with van der Waals surface area (Å²) in [6.07, 6.45) is 0.837. The molecule has 0 heterocycles. The Bertz CT molecular complexity index is 827. The predicted octanol–water partition coefficient (Wildman–Crippen LogP) is 3.56. The molecule has 2 aromatic carbocycles. The number of ether oxygens (including phenoxy) is 3. The maximum Gasteiger partial charge on any atom is 0.191 e. The highest BCUT2D eigenvalue weighted by Gasteiger charge is 2.07. The van der Waals surface area contributed by atoms with Crippen LogP contribution in [0.3, 0.4) is 0 Å². The third-order valence-electron chi connectivity index (χ3n) is 4.51. The van der Waals surface area contributed by atoms with E-state index in [4.69, 9.17) is 14.2 Å². The Morgan fingerprint density at radius 3 is 2.50 bits per heavy atom. The Morgan fingerprint density at radius 1 is 0.967 bits per heavy atom. The van der Waals surface area contributed by atoms with Gasteiger partial charge in [-0.25, -0.2) is 4.39 Å². The van der Waals surface area contributed by atoms with Gasteiger partial charge in [-0.3, -0.25) is 4.99 Å². The van der Waals surface area contributed by atoms with Crippen molar-refractivity contribution in [2.45, 2.75) is 33.0 Å². The largest absolute Gasteiger partial charge is 0.493 e. The summed E-state index contributed by atoms with van der Waals surface area (Å²) in [4.78, 5) is 4.27. The van der Waals surface area contributed by atoms with Gasteiger partial charge in [0.15, 0.2) is 5.96 Å². The molecule has 0 radical (unpaired) electrons. The average Bonchev–Trinajstić information content (AvgIpc) is 2.74. The van der Waals surface area contributed by atoms with Crippen LogP contribution in [0.1, 0.15) is 28.7 Å². The molecule has 7 heteroatoms. The molecule has 2 aromatic rings. The van der Waals surface area contributed by atoms with Crippen LogP contribution < -0.4 is 15.4 Å². The molecule has 0 saturated carbocycles. The molecule has 0 atom stereocenters. The van der Waals surface area contributed by atoms with Crippen LogP contribution in [0, 0.1) is 12.7 Å². The second-order valence-electron chi connectivity index (χ2n) is 6.94. The van der Waals surface area contributed by atoms with Crippen LogP contribution in [0.25, 0.3) is 0 Å². The first-order valence-electron chi connectivity index (χ1n) is 9.99. The van der Waals surface area contributed by atoms with Gasteiger partial charge in [-0.2, -0.15) is 0 Å². The lowest BCUT2D eigenvalue weighted by atomic mass is 10.1. The summed E-state index contributed by atoms with van der Waals surface area (Å²) in [5, 5.41) is 6.56. The molecule has 0 aliphatic carbocycles. The monoisotopic (exact) mass is 417 g/mol. The Hall–Kier alpha value is -2.64. The van der Waals surface area contributed by atoms with Crippen molar-refractivity contribution in [2.75, 3.05) is 34.5 Å². The van der Waals surface area contributed by atoms with Crippen molar-refractivity contribution >= 4 is 5.96 Å². The number of benzene rings is 2. The zero-order valence-electron chi connectivity index (χ0n) is 18.3. The smallest absolute Gasteiger partial charge is 0.191 e. The fourth-order valence-corrected chi connectivity index (χ4v) is 2.92. The number of aliphatic imine (C=N–C) groups is 1. The van der Waals surface area contributed by atoms with E-state index in [-0.39, 0.29) is 12.4 Å². The SMILES string of the molecule is CN=C(NCc1ccc(F)c(COC)c1)NCc1ccc(C)cc1OCCCOC. The van der Waals surface area contributed by atoms with E-state index >= 15 is 0 Å². The third-order valence-corrected chi connectivity index (χ3v) is 4.51. The minimum Gasteiger partial charge on any atom is -0.493 e. The fourth-order valence-electron chi connectivity index (χ4n) is 2.92. The van der Waals surface area contributed by atoms with Gasteiger partial charge in [0, 0.05) is 58.5 Å². The summed E-state index contributed by atoms with van der Waals surface area (Å²) in [7, 11) is 4.95. The van der Waals surface area contributed by atoms with E-state index < -0.39 is 0 Å². The number of hydrogen-bond donors (Lipinski definition) is 2.